The second-order valence-corrected chi connectivity index (χ2v) is 6.22. The summed E-state index contributed by atoms with van der Waals surface area (Å²) in [6, 6.07) is 0. The third-order valence-electron chi connectivity index (χ3n) is 3.18. The summed E-state index contributed by atoms with van der Waals surface area (Å²) >= 11 is 0. The molecule has 0 radical (unpaired) electrons. The third kappa shape index (κ3) is 15.6. The topological polar surface area (TPSA) is 24.7 Å². The van der Waals surface area contributed by atoms with Crippen molar-refractivity contribution in [3.05, 3.63) is 0 Å². The number of azo groups is 1. The van der Waals surface area contributed by atoms with E-state index in [2.05, 4.69) is 37.9 Å². The van der Waals surface area contributed by atoms with Gasteiger partial charge in [0.15, 0.2) is 0 Å². The fourth-order valence-corrected chi connectivity index (χ4v) is 1.97. The van der Waals surface area contributed by atoms with Crippen LogP contribution in [-0.4, -0.2) is 13.1 Å². The standard InChI is InChI=1S/C16H34N2/c1-15(2)11-7-5-9-13-17-18-14-10-6-8-12-16(3)4/h15-16H,5-14H2,1-4H3. The van der Waals surface area contributed by atoms with E-state index >= 15 is 0 Å². The predicted molar refractivity (Wildman–Crippen MR) is 81.2 cm³/mol. The number of unbranched alkanes of at least 4 members (excludes halogenated alkanes) is 4. The zero-order valence-electron chi connectivity index (χ0n) is 13.1. The number of hydrogen-bond acceptors (Lipinski definition) is 2. The normalized spacial score (nSPS) is 12.1. The smallest absolute Gasteiger partial charge is 0.0598 e. The lowest BCUT2D eigenvalue weighted by atomic mass is 10.1. The molecule has 0 aromatic rings. The maximum atomic E-state index is 4.25. The Bertz CT molecular complexity index is 166. The maximum Gasteiger partial charge on any atom is 0.0598 e. The minimum atomic E-state index is 0.845. The van der Waals surface area contributed by atoms with Gasteiger partial charge in [-0.2, -0.15) is 10.2 Å². The molecule has 18 heavy (non-hydrogen) atoms. The average Bonchev–Trinajstić information content (AvgIpc) is 2.29. The zero-order chi connectivity index (χ0) is 13.6. The predicted octanol–water partition coefficient (Wildman–Crippen LogP) is 5.87. The number of rotatable bonds is 12. The second-order valence-electron chi connectivity index (χ2n) is 6.22. The third-order valence-corrected chi connectivity index (χ3v) is 3.18. The quantitative estimate of drug-likeness (QED) is 0.307. The van der Waals surface area contributed by atoms with Crippen LogP contribution >= 0.6 is 0 Å². The van der Waals surface area contributed by atoms with Crippen LogP contribution in [0.25, 0.3) is 0 Å². The molecule has 0 rings (SSSR count). The van der Waals surface area contributed by atoms with Gasteiger partial charge in [-0.1, -0.05) is 66.2 Å². The number of nitrogens with zero attached hydrogens (tertiary/aromatic N) is 2. The fraction of sp³-hybridized carbons (Fsp3) is 1.00. The number of hydrogen-bond donors (Lipinski definition) is 0. The summed E-state index contributed by atoms with van der Waals surface area (Å²) in [5, 5.41) is 8.49. The summed E-state index contributed by atoms with van der Waals surface area (Å²) < 4.78 is 0. The van der Waals surface area contributed by atoms with Crippen LogP contribution in [-0.2, 0) is 0 Å². The first-order valence-electron chi connectivity index (χ1n) is 7.96. The van der Waals surface area contributed by atoms with E-state index in [1.807, 2.05) is 0 Å². The lowest BCUT2D eigenvalue weighted by Gasteiger charge is -2.02. The molecule has 0 aliphatic heterocycles. The van der Waals surface area contributed by atoms with Crippen molar-refractivity contribution < 1.29 is 0 Å². The molecule has 2 nitrogen and oxygen atoms in total. The van der Waals surface area contributed by atoms with Crippen molar-refractivity contribution in [1.29, 1.82) is 0 Å². The molecule has 0 aromatic carbocycles. The Morgan fingerprint density at radius 1 is 0.556 bits per heavy atom. The minimum absolute atomic E-state index is 0.845. The highest BCUT2D eigenvalue weighted by atomic mass is 15.1. The van der Waals surface area contributed by atoms with E-state index in [4.69, 9.17) is 0 Å². The molecular formula is C16H34N2. The van der Waals surface area contributed by atoms with Gasteiger partial charge < -0.3 is 0 Å². The summed E-state index contributed by atoms with van der Waals surface area (Å²) in [6.07, 6.45) is 10.5. The minimum Gasteiger partial charge on any atom is -0.194 e. The fourth-order valence-electron chi connectivity index (χ4n) is 1.97. The van der Waals surface area contributed by atoms with Crippen LogP contribution in [0.2, 0.25) is 0 Å². The van der Waals surface area contributed by atoms with Gasteiger partial charge in [-0.05, 0) is 24.7 Å². The Morgan fingerprint density at radius 2 is 0.944 bits per heavy atom. The molecule has 0 atom stereocenters. The molecule has 0 unspecified atom stereocenters. The van der Waals surface area contributed by atoms with Gasteiger partial charge in [0, 0.05) is 0 Å². The molecule has 108 valence electrons. The first-order valence-corrected chi connectivity index (χ1v) is 7.96. The van der Waals surface area contributed by atoms with Gasteiger partial charge in [0.25, 0.3) is 0 Å². The van der Waals surface area contributed by atoms with Gasteiger partial charge in [0.1, 0.15) is 0 Å². The van der Waals surface area contributed by atoms with E-state index in [1.54, 1.807) is 0 Å². The van der Waals surface area contributed by atoms with Gasteiger partial charge in [0.05, 0.1) is 13.1 Å². The molecule has 0 aliphatic rings. The maximum absolute atomic E-state index is 4.25. The van der Waals surface area contributed by atoms with Crippen molar-refractivity contribution in [3.63, 3.8) is 0 Å². The first-order chi connectivity index (χ1) is 8.63. The van der Waals surface area contributed by atoms with Crippen molar-refractivity contribution in [2.75, 3.05) is 13.1 Å². The lowest BCUT2D eigenvalue weighted by molar-refractivity contribution is 0.522. The Balaban J connectivity index is 3.09. The van der Waals surface area contributed by atoms with Crippen molar-refractivity contribution in [1.82, 2.24) is 0 Å². The Labute approximate surface area is 115 Å². The first kappa shape index (κ1) is 17.6. The van der Waals surface area contributed by atoms with Crippen LogP contribution in [0.4, 0.5) is 0 Å². The highest BCUT2D eigenvalue weighted by molar-refractivity contribution is 4.50. The van der Waals surface area contributed by atoms with Crippen LogP contribution in [0.1, 0.15) is 79.1 Å². The van der Waals surface area contributed by atoms with Gasteiger partial charge in [0.2, 0.25) is 0 Å². The highest BCUT2D eigenvalue weighted by Gasteiger charge is 1.94. The monoisotopic (exact) mass is 254 g/mol. The molecule has 0 aliphatic carbocycles. The van der Waals surface area contributed by atoms with Crippen LogP contribution in [0.3, 0.4) is 0 Å². The summed E-state index contributed by atoms with van der Waals surface area (Å²) in [5.74, 6) is 1.69. The molecule has 0 fully saturated rings. The van der Waals surface area contributed by atoms with Gasteiger partial charge in [-0.15, -0.1) is 0 Å². The molecule has 0 spiro atoms. The molecule has 0 N–H and O–H groups in total. The molecule has 0 heterocycles. The zero-order valence-corrected chi connectivity index (χ0v) is 13.1. The Kier molecular flexibility index (Phi) is 12.8. The van der Waals surface area contributed by atoms with E-state index in [9.17, 15) is 0 Å². The second kappa shape index (κ2) is 13.0. The largest absolute Gasteiger partial charge is 0.194 e. The van der Waals surface area contributed by atoms with E-state index < -0.39 is 0 Å². The molecule has 0 bridgehead atoms. The van der Waals surface area contributed by atoms with Gasteiger partial charge in [-0.3, -0.25) is 0 Å². The van der Waals surface area contributed by atoms with Crippen LogP contribution in [0, 0.1) is 11.8 Å². The van der Waals surface area contributed by atoms with Crippen LogP contribution in [0.5, 0.6) is 0 Å². The van der Waals surface area contributed by atoms with Crippen molar-refractivity contribution in [2.45, 2.75) is 79.1 Å². The Hall–Kier alpha value is -0.400. The molecule has 0 saturated heterocycles. The lowest BCUT2D eigenvalue weighted by Crippen LogP contribution is -1.89. The Morgan fingerprint density at radius 3 is 1.28 bits per heavy atom. The SMILES string of the molecule is CC(C)CCCCCN=NCCCCCC(C)C. The van der Waals surface area contributed by atoms with Gasteiger partial charge >= 0.3 is 0 Å². The molecular weight excluding hydrogens is 220 g/mol. The highest BCUT2D eigenvalue weighted by Crippen LogP contribution is 2.09. The van der Waals surface area contributed by atoms with E-state index in [0.29, 0.717) is 0 Å². The van der Waals surface area contributed by atoms with Crippen molar-refractivity contribution in [2.24, 2.45) is 22.1 Å². The van der Waals surface area contributed by atoms with Crippen molar-refractivity contribution >= 4 is 0 Å². The molecule has 0 amide bonds. The molecule has 2 heteroatoms. The summed E-state index contributed by atoms with van der Waals surface area (Å²) in [6.45, 7) is 11.0. The van der Waals surface area contributed by atoms with Crippen LogP contribution in [0.15, 0.2) is 10.2 Å². The average molecular weight is 254 g/mol. The summed E-state index contributed by atoms with van der Waals surface area (Å²) in [5.41, 5.74) is 0. The van der Waals surface area contributed by atoms with Gasteiger partial charge in [-0.25, -0.2) is 0 Å². The van der Waals surface area contributed by atoms with E-state index in [1.165, 1.54) is 51.4 Å². The molecule has 0 aromatic heterocycles. The van der Waals surface area contributed by atoms with E-state index in [-0.39, 0.29) is 0 Å². The van der Waals surface area contributed by atoms with Crippen molar-refractivity contribution in [3.8, 4) is 0 Å². The van der Waals surface area contributed by atoms with E-state index in [0.717, 1.165) is 24.9 Å². The summed E-state index contributed by atoms with van der Waals surface area (Å²) in [7, 11) is 0. The summed E-state index contributed by atoms with van der Waals surface area (Å²) in [4.78, 5) is 0. The van der Waals surface area contributed by atoms with Crippen LogP contribution < -0.4 is 0 Å². The molecule has 0 saturated carbocycles.